The number of aryl methyl sites for hydroxylation is 2. The van der Waals surface area contributed by atoms with Gasteiger partial charge in [0.1, 0.15) is 16.7 Å². The van der Waals surface area contributed by atoms with Gasteiger partial charge < -0.3 is 10.0 Å². The first kappa shape index (κ1) is 28.2. The molecule has 2 atom stereocenters. The fraction of sp³-hybridized carbons (Fsp3) is 0.226. The summed E-state index contributed by atoms with van der Waals surface area (Å²) in [7, 11) is 3.07. The van der Waals surface area contributed by atoms with Crippen molar-refractivity contribution in [3.63, 3.8) is 0 Å². The fourth-order valence-corrected chi connectivity index (χ4v) is 5.48. The molecule has 0 spiro atoms. The van der Waals surface area contributed by atoms with E-state index < -0.39 is 29.1 Å². The average molecular weight is 578 g/mol. The quantitative estimate of drug-likeness (QED) is 0.298. The summed E-state index contributed by atoms with van der Waals surface area (Å²) < 4.78 is 30.9. The summed E-state index contributed by atoms with van der Waals surface area (Å²) in [6, 6.07) is 11.6. The van der Waals surface area contributed by atoms with Crippen molar-refractivity contribution in [3.8, 4) is 16.9 Å². The predicted octanol–water partition coefficient (Wildman–Crippen LogP) is 6.12. The maximum atomic E-state index is 15.4. The number of aromatic nitrogens is 2. The van der Waals surface area contributed by atoms with E-state index >= 15 is 4.39 Å². The van der Waals surface area contributed by atoms with Gasteiger partial charge in [-0.05, 0) is 91.3 Å². The highest BCUT2D eigenvalue weighted by molar-refractivity contribution is 6.31. The SMILES string of the molecule is Cc1cnc(-c2cccc(C(=O)N(C)C)c2F)cc1-n1c(C)cc([C@H]2C[C@@H]2c2cc(F)cc(C(=O)O)c2)c(Cl)c1=O. The van der Waals surface area contributed by atoms with Crippen LogP contribution in [-0.2, 0) is 0 Å². The Kier molecular flexibility index (Phi) is 7.25. The molecule has 210 valence electrons. The number of carboxylic acid groups (broad SMARTS) is 1. The van der Waals surface area contributed by atoms with Crippen LogP contribution in [0.2, 0.25) is 5.02 Å². The lowest BCUT2D eigenvalue weighted by molar-refractivity contribution is 0.0695. The monoisotopic (exact) mass is 577 g/mol. The van der Waals surface area contributed by atoms with Crippen molar-refractivity contribution >= 4 is 23.5 Å². The molecular formula is C31H26ClF2N3O4. The Morgan fingerprint density at radius 1 is 1.07 bits per heavy atom. The van der Waals surface area contributed by atoms with Crippen LogP contribution < -0.4 is 5.56 Å². The van der Waals surface area contributed by atoms with E-state index in [2.05, 4.69) is 4.98 Å². The Bertz CT molecular complexity index is 1800. The van der Waals surface area contributed by atoms with Gasteiger partial charge in [0, 0.05) is 31.5 Å². The topological polar surface area (TPSA) is 92.5 Å². The summed E-state index contributed by atoms with van der Waals surface area (Å²) in [6.45, 7) is 3.52. The van der Waals surface area contributed by atoms with Crippen LogP contribution in [0, 0.1) is 25.5 Å². The molecule has 4 aromatic rings. The largest absolute Gasteiger partial charge is 0.478 e. The van der Waals surface area contributed by atoms with Crippen molar-refractivity contribution in [1.82, 2.24) is 14.5 Å². The van der Waals surface area contributed by atoms with Crippen molar-refractivity contribution in [2.24, 2.45) is 0 Å². The first-order valence-corrected chi connectivity index (χ1v) is 13.2. The number of hydrogen-bond donors (Lipinski definition) is 1. The molecular weight excluding hydrogens is 552 g/mol. The van der Waals surface area contributed by atoms with Crippen LogP contribution in [0.3, 0.4) is 0 Å². The molecule has 2 heterocycles. The van der Waals surface area contributed by atoms with Crippen molar-refractivity contribution in [2.75, 3.05) is 14.1 Å². The van der Waals surface area contributed by atoms with Gasteiger partial charge in [-0.15, -0.1) is 0 Å². The van der Waals surface area contributed by atoms with Crippen LogP contribution in [0.15, 0.2) is 59.5 Å². The number of carbonyl (C=O) groups excluding carboxylic acids is 1. The lowest BCUT2D eigenvalue weighted by atomic mass is 10.0. The number of amides is 1. The summed E-state index contributed by atoms with van der Waals surface area (Å²) in [6.07, 6.45) is 2.12. The molecule has 1 amide bonds. The van der Waals surface area contributed by atoms with E-state index in [9.17, 15) is 23.9 Å². The number of carbonyl (C=O) groups is 2. The zero-order valence-corrected chi connectivity index (χ0v) is 23.5. The van der Waals surface area contributed by atoms with Crippen LogP contribution in [0.4, 0.5) is 8.78 Å². The van der Waals surface area contributed by atoms with Crippen LogP contribution in [0.25, 0.3) is 16.9 Å². The molecule has 2 aromatic carbocycles. The second kappa shape index (κ2) is 10.6. The second-order valence-corrected chi connectivity index (χ2v) is 10.8. The molecule has 1 saturated carbocycles. The third-order valence-electron chi connectivity index (χ3n) is 7.37. The first-order valence-electron chi connectivity index (χ1n) is 12.8. The van der Waals surface area contributed by atoms with Gasteiger partial charge in [-0.25, -0.2) is 13.6 Å². The Morgan fingerprint density at radius 2 is 1.80 bits per heavy atom. The summed E-state index contributed by atoms with van der Waals surface area (Å²) in [5.41, 5.74) is 2.46. The Balaban J connectivity index is 1.54. The molecule has 1 aliphatic carbocycles. The number of rotatable bonds is 6. The molecule has 0 bridgehead atoms. The Hall–Kier alpha value is -4.37. The molecule has 0 saturated heterocycles. The fourth-order valence-electron chi connectivity index (χ4n) is 5.20. The number of pyridine rings is 2. The van der Waals surface area contributed by atoms with E-state index in [0.717, 1.165) is 6.07 Å². The molecule has 0 radical (unpaired) electrons. The highest BCUT2D eigenvalue weighted by atomic mass is 35.5. The Morgan fingerprint density at radius 3 is 2.49 bits per heavy atom. The lowest BCUT2D eigenvalue weighted by Gasteiger charge is -2.17. The van der Waals surface area contributed by atoms with Gasteiger partial charge in [-0.1, -0.05) is 17.7 Å². The van der Waals surface area contributed by atoms with Crippen LogP contribution in [0.5, 0.6) is 0 Å². The van der Waals surface area contributed by atoms with E-state index in [-0.39, 0.29) is 39.2 Å². The zero-order chi connectivity index (χ0) is 29.7. The van der Waals surface area contributed by atoms with Gasteiger partial charge in [0.25, 0.3) is 11.5 Å². The zero-order valence-electron chi connectivity index (χ0n) is 22.7. The number of hydrogen-bond acceptors (Lipinski definition) is 4. The third kappa shape index (κ3) is 5.13. The van der Waals surface area contributed by atoms with E-state index in [0.29, 0.717) is 34.5 Å². The van der Waals surface area contributed by atoms with Crippen LogP contribution in [0.1, 0.15) is 61.4 Å². The summed E-state index contributed by atoms with van der Waals surface area (Å²) in [4.78, 5) is 43.1. The standard InChI is InChI=1S/C31H26ClF2N3O4/c1-15-14-35-25(20-6-5-7-21(28(20)34)29(38)36(3)4)13-26(15)37-16(2)8-24(27(32)30(37)39)23-12-22(23)17-9-18(31(40)41)11-19(33)10-17/h5-11,13-14,22-23H,12H2,1-4H3,(H,40,41)/t22-,23+/m1/s1. The summed E-state index contributed by atoms with van der Waals surface area (Å²) in [5, 5.41) is 9.29. The number of aromatic carboxylic acids is 1. The molecule has 1 fully saturated rings. The molecule has 0 unspecified atom stereocenters. The van der Waals surface area contributed by atoms with E-state index in [1.807, 2.05) is 0 Å². The number of carboxylic acids is 1. The minimum Gasteiger partial charge on any atom is -0.478 e. The maximum Gasteiger partial charge on any atom is 0.335 e. The molecule has 0 aliphatic heterocycles. The Labute approximate surface area is 239 Å². The van der Waals surface area contributed by atoms with Crippen molar-refractivity contribution in [1.29, 1.82) is 0 Å². The molecule has 5 rings (SSSR count). The first-order chi connectivity index (χ1) is 19.4. The highest BCUT2D eigenvalue weighted by Crippen LogP contribution is 2.56. The van der Waals surface area contributed by atoms with Crippen molar-refractivity contribution in [3.05, 3.63) is 115 Å². The number of benzene rings is 2. The minimum absolute atomic E-state index is 0.000445. The molecule has 1 N–H and O–H groups in total. The number of nitrogens with zero attached hydrogens (tertiary/aromatic N) is 3. The number of halogens is 3. The van der Waals surface area contributed by atoms with E-state index in [4.69, 9.17) is 11.6 Å². The molecule has 1 aliphatic rings. The second-order valence-electron chi connectivity index (χ2n) is 10.4. The van der Waals surface area contributed by atoms with Gasteiger partial charge in [-0.2, -0.15) is 0 Å². The third-order valence-corrected chi connectivity index (χ3v) is 7.75. The molecule has 41 heavy (non-hydrogen) atoms. The van der Waals surface area contributed by atoms with Gasteiger partial charge in [-0.3, -0.25) is 19.1 Å². The minimum atomic E-state index is -1.22. The van der Waals surface area contributed by atoms with E-state index in [1.54, 1.807) is 32.0 Å². The van der Waals surface area contributed by atoms with Crippen LogP contribution >= 0.6 is 11.6 Å². The predicted molar refractivity (Wildman–Crippen MR) is 151 cm³/mol. The molecule has 7 nitrogen and oxygen atoms in total. The summed E-state index contributed by atoms with van der Waals surface area (Å²) >= 11 is 6.62. The van der Waals surface area contributed by atoms with Gasteiger partial charge in [0.05, 0.1) is 22.5 Å². The van der Waals surface area contributed by atoms with Gasteiger partial charge in [0.15, 0.2) is 0 Å². The van der Waals surface area contributed by atoms with Gasteiger partial charge in [0.2, 0.25) is 0 Å². The lowest BCUT2D eigenvalue weighted by Crippen LogP contribution is -2.23. The maximum absolute atomic E-state index is 15.4. The van der Waals surface area contributed by atoms with Crippen molar-refractivity contribution in [2.45, 2.75) is 32.1 Å². The summed E-state index contributed by atoms with van der Waals surface area (Å²) in [5.74, 6) is -3.41. The van der Waals surface area contributed by atoms with Crippen molar-refractivity contribution < 1.29 is 23.5 Å². The smallest absolute Gasteiger partial charge is 0.335 e. The normalized spacial score (nSPS) is 16.0. The highest BCUT2D eigenvalue weighted by Gasteiger charge is 2.42. The van der Waals surface area contributed by atoms with Crippen LogP contribution in [-0.4, -0.2) is 45.5 Å². The molecule has 10 heteroatoms. The molecule has 2 aromatic heterocycles. The van der Waals surface area contributed by atoms with Gasteiger partial charge >= 0.3 is 5.97 Å². The average Bonchev–Trinajstić information content (AvgIpc) is 3.72. The van der Waals surface area contributed by atoms with E-state index in [1.165, 1.54) is 54.0 Å².